The van der Waals surface area contributed by atoms with E-state index in [1.165, 1.54) is 33.4 Å². The zero-order valence-electron chi connectivity index (χ0n) is 10.9. The molecule has 2 heterocycles. The fourth-order valence-corrected chi connectivity index (χ4v) is 3.70. The molecule has 5 rings (SSSR count). The standard InChI is InChI=1S/C18H14N2/c1-3-7-13-11(5-1)17-15(19-13)9-10-16-18(17)12-6-2-4-8-14(12)20-16/h1-10,15,17,19-20H. The Bertz CT molecular complexity index is 857. The van der Waals surface area contributed by atoms with E-state index in [0.29, 0.717) is 12.0 Å². The van der Waals surface area contributed by atoms with E-state index in [9.17, 15) is 0 Å². The van der Waals surface area contributed by atoms with Gasteiger partial charge in [0.25, 0.3) is 0 Å². The van der Waals surface area contributed by atoms with Crippen molar-refractivity contribution in [2.24, 2.45) is 0 Å². The molecule has 2 heteroatoms. The number of aromatic amines is 1. The van der Waals surface area contributed by atoms with Gasteiger partial charge >= 0.3 is 0 Å². The maximum atomic E-state index is 3.63. The first-order valence-electron chi connectivity index (χ1n) is 7.06. The summed E-state index contributed by atoms with van der Waals surface area (Å²) < 4.78 is 0. The normalized spacial score (nSPS) is 22.2. The van der Waals surface area contributed by atoms with Gasteiger partial charge in [-0.2, -0.15) is 0 Å². The fraction of sp³-hybridized carbons (Fsp3) is 0.111. The Morgan fingerprint density at radius 2 is 1.75 bits per heavy atom. The van der Waals surface area contributed by atoms with Gasteiger partial charge in [-0.05, 0) is 29.3 Å². The summed E-state index contributed by atoms with van der Waals surface area (Å²) >= 11 is 0. The van der Waals surface area contributed by atoms with Crippen LogP contribution in [-0.4, -0.2) is 11.0 Å². The molecule has 1 aliphatic carbocycles. The maximum absolute atomic E-state index is 3.63. The largest absolute Gasteiger partial charge is 0.378 e. The molecular weight excluding hydrogens is 244 g/mol. The lowest BCUT2D eigenvalue weighted by Gasteiger charge is -2.22. The quantitative estimate of drug-likeness (QED) is 0.623. The number of H-pyrrole nitrogens is 1. The van der Waals surface area contributed by atoms with E-state index in [4.69, 9.17) is 0 Å². The number of nitrogens with one attached hydrogen (secondary N) is 2. The van der Waals surface area contributed by atoms with Crippen molar-refractivity contribution in [2.75, 3.05) is 5.32 Å². The molecule has 0 spiro atoms. The Labute approximate surface area is 117 Å². The van der Waals surface area contributed by atoms with Gasteiger partial charge in [0.2, 0.25) is 0 Å². The second-order valence-corrected chi connectivity index (χ2v) is 5.59. The predicted molar refractivity (Wildman–Crippen MR) is 83.0 cm³/mol. The number of hydrogen-bond donors (Lipinski definition) is 2. The van der Waals surface area contributed by atoms with Crippen LogP contribution < -0.4 is 5.32 Å². The summed E-state index contributed by atoms with van der Waals surface area (Å²) in [5, 5.41) is 4.98. The average Bonchev–Trinajstić information content (AvgIpc) is 3.04. The highest BCUT2D eigenvalue weighted by atomic mass is 15.0. The van der Waals surface area contributed by atoms with Gasteiger partial charge in [-0.25, -0.2) is 0 Å². The summed E-state index contributed by atoms with van der Waals surface area (Å²) in [5.41, 5.74) is 6.60. The lowest BCUT2D eigenvalue weighted by atomic mass is 9.83. The third-order valence-electron chi connectivity index (χ3n) is 4.54. The number of para-hydroxylation sites is 2. The van der Waals surface area contributed by atoms with Crippen molar-refractivity contribution in [3.05, 3.63) is 71.4 Å². The van der Waals surface area contributed by atoms with Crippen molar-refractivity contribution in [2.45, 2.75) is 12.0 Å². The minimum atomic E-state index is 0.374. The summed E-state index contributed by atoms with van der Waals surface area (Å²) in [6, 6.07) is 17.6. The van der Waals surface area contributed by atoms with Gasteiger partial charge in [0.15, 0.2) is 0 Å². The first-order valence-corrected chi connectivity index (χ1v) is 7.06. The van der Waals surface area contributed by atoms with Gasteiger partial charge in [-0.15, -0.1) is 0 Å². The van der Waals surface area contributed by atoms with E-state index in [-0.39, 0.29) is 0 Å². The maximum Gasteiger partial charge on any atom is 0.0559 e. The van der Waals surface area contributed by atoms with Crippen LogP contribution in [0.5, 0.6) is 0 Å². The van der Waals surface area contributed by atoms with Gasteiger partial charge in [-0.3, -0.25) is 0 Å². The first-order chi connectivity index (χ1) is 9.92. The van der Waals surface area contributed by atoms with Crippen LogP contribution in [0.25, 0.3) is 17.0 Å². The molecule has 0 bridgehead atoms. The van der Waals surface area contributed by atoms with Gasteiger partial charge < -0.3 is 10.3 Å². The molecular formula is C18H14N2. The second-order valence-electron chi connectivity index (χ2n) is 5.59. The van der Waals surface area contributed by atoms with Crippen molar-refractivity contribution in [3.8, 4) is 0 Å². The van der Waals surface area contributed by atoms with Crippen molar-refractivity contribution in [1.29, 1.82) is 0 Å². The minimum Gasteiger partial charge on any atom is -0.378 e. The molecule has 1 aliphatic heterocycles. The van der Waals surface area contributed by atoms with Gasteiger partial charge in [0.05, 0.1) is 6.04 Å². The number of rotatable bonds is 0. The molecule has 96 valence electrons. The Morgan fingerprint density at radius 1 is 0.900 bits per heavy atom. The molecule has 0 amide bonds. The second kappa shape index (κ2) is 3.54. The van der Waals surface area contributed by atoms with Crippen molar-refractivity contribution in [1.82, 2.24) is 4.98 Å². The minimum absolute atomic E-state index is 0.374. The van der Waals surface area contributed by atoms with E-state index in [1.54, 1.807) is 0 Å². The number of hydrogen-bond acceptors (Lipinski definition) is 1. The number of benzene rings is 2. The molecule has 0 saturated heterocycles. The SMILES string of the molecule is C1=CC2Nc3ccccc3C2c2c1[nH]c1ccccc21. The van der Waals surface area contributed by atoms with Crippen LogP contribution in [-0.2, 0) is 0 Å². The summed E-state index contributed by atoms with van der Waals surface area (Å²) in [5.74, 6) is 0.419. The third kappa shape index (κ3) is 1.19. The summed E-state index contributed by atoms with van der Waals surface area (Å²) in [7, 11) is 0. The molecule has 0 radical (unpaired) electrons. The molecule has 20 heavy (non-hydrogen) atoms. The van der Waals surface area contributed by atoms with E-state index in [0.717, 1.165) is 0 Å². The molecule has 2 N–H and O–H groups in total. The average molecular weight is 258 g/mol. The number of fused-ring (bicyclic) bond motifs is 7. The molecule has 0 fully saturated rings. The van der Waals surface area contributed by atoms with E-state index >= 15 is 0 Å². The molecule has 2 aliphatic rings. The molecule has 2 unspecified atom stereocenters. The molecule has 0 saturated carbocycles. The van der Waals surface area contributed by atoms with Crippen molar-refractivity contribution in [3.63, 3.8) is 0 Å². The van der Waals surface area contributed by atoms with Crippen LogP contribution in [0, 0.1) is 0 Å². The third-order valence-corrected chi connectivity index (χ3v) is 4.54. The highest BCUT2D eigenvalue weighted by Crippen LogP contribution is 2.46. The lowest BCUT2D eigenvalue weighted by molar-refractivity contribution is 0.783. The Hall–Kier alpha value is -2.48. The zero-order chi connectivity index (χ0) is 13.1. The fourth-order valence-electron chi connectivity index (χ4n) is 3.70. The van der Waals surface area contributed by atoms with Crippen LogP contribution >= 0.6 is 0 Å². The van der Waals surface area contributed by atoms with Crippen LogP contribution in [0.3, 0.4) is 0 Å². The van der Waals surface area contributed by atoms with Gasteiger partial charge in [-0.1, -0.05) is 42.5 Å². The Kier molecular flexibility index (Phi) is 1.83. The highest BCUT2D eigenvalue weighted by molar-refractivity contribution is 5.90. The zero-order valence-corrected chi connectivity index (χ0v) is 10.9. The van der Waals surface area contributed by atoms with E-state index in [2.05, 4.69) is 71.0 Å². The van der Waals surface area contributed by atoms with Crippen LogP contribution in [0.1, 0.15) is 22.7 Å². The molecule has 2 aromatic carbocycles. The molecule has 2 atom stereocenters. The van der Waals surface area contributed by atoms with Crippen molar-refractivity contribution < 1.29 is 0 Å². The predicted octanol–water partition coefficient (Wildman–Crippen LogP) is 4.12. The van der Waals surface area contributed by atoms with E-state index < -0.39 is 0 Å². The Balaban J connectivity index is 1.85. The molecule has 2 nitrogen and oxygen atoms in total. The van der Waals surface area contributed by atoms with Crippen molar-refractivity contribution >= 4 is 22.7 Å². The first kappa shape index (κ1) is 10.3. The topological polar surface area (TPSA) is 27.8 Å². The van der Waals surface area contributed by atoms with Gasteiger partial charge in [0.1, 0.15) is 0 Å². The van der Waals surface area contributed by atoms with Gasteiger partial charge in [0, 0.05) is 28.2 Å². The monoisotopic (exact) mass is 258 g/mol. The molecule has 3 aromatic rings. The number of aromatic nitrogens is 1. The number of anilines is 1. The summed E-state index contributed by atoms with van der Waals surface area (Å²) in [6.45, 7) is 0. The lowest BCUT2D eigenvalue weighted by Crippen LogP contribution is -2.21. The smallest absolute Gasteiger partial charge is 0.0559 e. The molecule has 1 aromatic heterocycles. The van der Waals surface area contributed by atoms with Crippen LogP contribution in [0.4, 0.5) is 5.69 Å². The highest BCUT2D eigenvalue weighted by Gasteiger charge is 2.36. The summed E-state index contributed by atoms with van der Waals surface area (Å²) in [4.78, 5) is 3.54. The van der Waals surface area contributed by atoms with Crippen LogP contribution in [0.15, 0.2) is 54.6 Å². The van der Waals surface area contributed by atoms with Crippen LogP contribution in [0.2, 0.25) is 0 Å². The van der Waals surface area contributed by atoms with E-state index in [1.807, 2.05) is 0 Å². The Morgan fingerprint density at radius 3 is 2.75 bits per heavy atom. The summed E-state index contributed by atoms with van der Waals surface area (Å²) in [6.07, 6.45) is 4.50.